The van der Waals surface area contributed by atoms with Crippen molar-refractivity contribution in [2.24, 2.45) is 0 Å². The molecule has 1 fully saturated rings. The molecular formula is C38H43N3O4S. The van der Waals surface area contributed by atoms with Crippen LogP contribution in [0, 0.1) is 20.8 Å². The topological polar surface area (TPSA) is 86.8 Å². The van der Waals surface area contributed by atoms with Gasteiger partial charge in [0.25, 0.3) is 10.0 Å². The first-order chi connectivity index (χ1) is 22.1. The van der Waals surface area contributed by atoms with Crippen LogP contribution in [0.3, 0.4) is 0 Å². The van der Waals surface area contributed by atoms with Gasteiger partial charge in [0, 0.05) is 19.0 Å². The van der Waals surface area contributed by atoms with Crippen LogP contribution in [0.15, 0.2) is 108 Å². The van der Waals surface area contributed by atoms with Crippen LogP contribution in [0.1, 0.15) is 53.5 Å². The van der Waals surface area contributed by atoms with Gasteiger partial charge in [-0.15, -0.1) is 0 Å². The zero-order valence-electron chi connectivity index (χ0n) is 26.9. The first-order valence-electron chi connectivity index (χ1n) is 16.0. The van der Waals surface area contributed by atoms with Crippen molar-refractivity contribution in [1.29, 1.82) is 0 Å². The molecule has 1 saturated carbocycles. The summed E-state index contributed by atoms with van der Waals surface area (Å²) in [6.07, 6.45) is 4.23. The highest BCUT2D eigenvalue weighted by Crippen LogP contribution is 2.27. The third-order valence-corrected chi connectivity index (χ3v) is 10.3. The van der Waals surface area contributed by atoms with Gasteiger partial charge in [0.1, 0.15) is 12.6 Å². The molecule has 4 aromatic carbocycles. The monoisotopic (exact) mass is 637 g/mol. The van der Waals surface area contributed by atoms with E-state index in [0.29, 0.717) is 12.1 Å². The normalized spacial score (nSPS) is 14.1. The SMILES string of the molecule is Cc1cccc(CN(C(=O)CN(c2cc(C)cc(C)c2)S(=O)(=O)c2ccccc2)C(Cc2ccccc2)C(=O)NC2CCCC2)c1. The van der Waals surface area contributed by atoms with E-state index in [-0.39, 0.29) is 23.4 Å². The molecular weight excluding hydrogens is 595 g/mol. The van der Waals surface area contributed by atoms with Gasteiger partial charge in [0.15, 0.2) is 0 Å². The summed E-state index contributed by atoms with van der Waals surface area (Å²) in [4.78, 5) is 30.5. The summed E-state index contributed by atoms with van der Waals surface area (Å²) in [6.45, 7) is 5.48. The zero-order valence-corrected chi connectivity index (χ0v) is 27.7. The quantitative estimate of drug-likeness (QED) is 0.192. The van der Waals surface area contributed by atoms with E-state index in [0.717, 1.165) is 53.5 Å². The van der Waals surface area contributed by atoms with E-state index in [1.165, 1.54) is 16.4 Å². The molecule has 0 bridgehead atoms. The van der Waals surface area contributed by atoms with E-state index < -0.39 is 28.5 Å². The summed E-state index contributed by atoms with van der Waals surface area (Å²) in [5, 5.41) is 3.22. The van der Waals surface area contributed by atoms with Crippen molar-refractivity contribution in [1.82, 2.24) is 10.2 Å². The lowest BCUT2D eigenvalue weighted by Crippen LogP contribution is -2.54. The van der Waals surface area contributed by atoms with Gasteiger partial charge >= 0.3 is 0 Å². The number of nitrogens with one attached hydrogen (secondary N) is 1. The Bertz CT molecular complexity index is 1730. The minimum Gasteiger partial charge on any atom is -0.352 e. The van der Waals surface area contributed by atoms with Crippen molar-refractivity contribution in [2.45, 2.75) is 76.4 Å². The molecule has 240 valence electrons. The second kappa shape index (κ2) is 14.8. The van der Waals surface area contributed by atoms with E-state index >= 15 is 0 Å². The molecule has 1 aliphatic rings. The molecule has 4 aromatic rings. The van der Waals surface area contributed by atoms with Crippen LogP contribution in [0.25, 0.3) is 0 Å². The number of nitrogens with zero attached hydrogens (tertiary/aromatic N) is 2. The van der Waals surface area contributed by atoms with Crippen LogP contribution >= 0.6 is 0 Å². The highest BCUT2D eigenvalue weighted by molar-refractivity contribution is 7.92. The Morgan fingerprint density at radius 1 is 0.761 bits per heavy atom. The smallest absolute Gasteiger partial charge is 0.264 e. The Kier molecular flexibility index (Phi) is 10.6. The van der Waals surface area contributed by atoms with E-state index in [9.17, 15) is 18.0 Å². The maximum Gasteiger partial charge on any atom is 0.264 e. The maximum atomic E-state index is 14.7. The minimum absolute atomic E-state index is 0.0620. The first-order valence-corrected chi connectivity index (χ1v) is 17.4. The molecule has 1 unspecified atom stereocenters. The van der Waals surface area contributed by atoms with Crippen LogP contribution in [-0.4, -0.2) is 43.8 Å². The average Bonchev–Trinajstić information content (AvgIpc) is 3.55. The van der Waals surface area contributed by atoms with Gasteiger partial charge in [-0.05, 0) is 80.1 Å². The summed E-state index contributed by atoms with van der Waals surface area (Å²) in [5.41, 5.74) is 4.97. The number of benzene rings is 4. The van der Waals surface area contributed by atoms with Gasteiger partial charge in [-0.3, -0.25) is 13.9 Å². The summed E-state index contributed by atoms with van der Waals surface area (Å²) in [5.74, 6) is -0.678. The Balaban J connectivity index is 1.58. The fourth-order valence-electron chi connectivity index (χ4n) is 6.27. The van der Waals surface area contributed by atoms with E-state index in [2.05, 4.69) is 5.32 Å². The molecule has 0 spiro atoms. The molecule has 46 heavy (non-hydrogen) atoms. The van der Waals surface area contributed by atoms with Crippen LogP contribution < -0.4 is 9.62 Å². The van der Waals surface area contributed by atoms with Crippen molar-refractivity contribution in [3.63, 3.8) is 0 Å². The number of carbonyl (C=O) groups is 2. The molecule has 0 radical (unpaired) electrons. The van der Waals surface area contributed by atoms with Crippen molar-refractivity contribution in [3.05, 3.63) is 131 Å². The molecule has 1 atom stereocenters. The number of aryl methyl sites for hydroxylation is 3. The fraction of sp³-hybridized carbons (Fsp3) is 0.316. The molecule has 1 aliphatic carbocycles. The molecule has 0 saturated heterocycles. The summed E-state index contributed by atoms with van der Waals surface area (Å²) < 4.78 is 29.6. The lowest BCUT2D eigenvalue weighted by atomic mass is 10.0. The first kappa shape index (κ1) is 32.9. The van der Waals surface area contributed by atoms with Crippen molar-refractivity contribution in [2.75, 3.05) is 10.8 Å². The number of sulfonamides is 1. The molecule has 0 aromatic heterocycles. The average molecular weight is 638 g/mol. The predicted octanol–water partition coefficient (Wildman–Crippen LogP) is 6.51. The minimum atomic E-state index is -4.13. The lowest BCUT2D eigenvalue weighted by molar-refractivity contribution is -0.140. The Morgan fingerprint density at radius 2 is 1.37 bits per heavy atom. The Labute approximate surface area is 273 Å². The molecule has 7 nitrogen and oxygen atoms in total. The van der Waals surface area contributed by atoms with E-state index in [1.807, 2.05) is 81.4 Å². The standard InChI is InChI=1S/C38H43N3O4S/c1-28-13-12-16-32(22-28)26-40(36(25-31-14-6-4-7-15-31)38(43)39-33-17-10-11-18-33)37(42)27-41(34-23-29(2)21-30(3)24-34)46(44,45)35-19-8-5-9-20-35/h4-9,12-16,19-24,33,36H,10-11,17-18,25-27H2,1-3H3,(H,39,43). The summed E-state index contributed by atoms with van der Waals surface area (Å²) >= 11 is 0. The third-order valence-electron chi connectivity index (χ3n) is 8.51. The van der Waals surface area contributed by atoms with Gasteiger partial charge in [-0.2, -0.15) is 0 Å². The number of hydrogen-bond donors (Lipinski definition) is 1. The molecule has 8 heteroatoms. The molecule has 2 amide bonds. The highest BCUT2D eigenvalue weighted by Gasteiger charge is 2.35. The summed E-state index contributed by atoms with van der Waals surface area (Å²) in [7, 11) is -4.13. The number of anilines is 1. The molecule has 5 rings (SSSR count). The van der Waals surface area contributed by atoms with Crippen molar-refractivity contribution >= 4 is 27.5 Å². The van der Waals surface area contributed by atoms with Crippen LogP contribution in [-0.2, 0) is 32.6 Å². The second-order valence-electron chi connectivity index (χ2n) is 12.4. The van der Waals surface area contributed by atoms with Crippen LogP contribution in [0.4, 0.5) is 5.69 Å². The second-order valence-corrected chi connectivity index (χ2v) is 14.2. The highest BCUT2D eigenvalue weighted by atomic mass is 32.2. The van der Waals surface area contributed by atoms with Gasteiger partial charge in [0.2, 0.25) is 11.8 Å². The lowest BCUT2D eigenvalue weighted by Gasteiger charge is -2.34. The molecule has 0 heterocycles. The van der Waals surface area contributed by atoms with Gasteiger partial charge in [0.05, 0.1) is 10.6 Å². The van der Waals surface area contributed by atoms with Gasteiger partial charge < -0.3 is 10.2 Å². The van der Waals surface area contributed by atoms with E-state index in [1.54, 1.807) is 35.2 Å². The molecule has 0 aliphatic heterocycles. The van der Waals surface area contributed by atoms with Gasteiger partial charge in [-0.25, -0.2) is 8.42 Å². The maximum absolute atomic E-state index is 14.7. The molecule has 1 N–H and O–H groups in total. The number of rotatable bonds is 12. The predicted molar refractivity (Wildman–Crippen MR) is 183 cm³/mol. The van der Waals surface area contributed by atoms with Crippen LogP contribution in [0.2, 0.25) is 0 Å². The summed E-state index contributed by atoms with van der Waals surface area (Å²) in [6, 6.07) is 30.4. The van der Waals surface area contributed by atoms with Crippen molar-refractivity contribution < 1.29 is 18.0 Å². The third kappa shape index (κ3) is 8.23. The zero-order chi connectivity index (χ0) is 32.7. The number of hydrogen-bond acceptors (Lipinski definition) is 4. The van der Waals surface area contributed by atoms with E-state index in [4.69, 9.17) is 0 Å². The number of carbonyl (C=O) groups excluding carboxylic acids is 2. The van der Waals surface area contributed by atoms with Gasteiger partial charge in [-0.1, -0.05) is 97.3 Å². The largest absolute Gasteiger partial charge is 0.352 e. The Hall–Kier alpha value is -4.43. The van der Waals surface area contributed by atoms with Crippen LogP contribution in [0.5, 0.6) is 0 Å². The number of amides is 2. The Morgan fingerprint density at radius 3 is 2.00 bits per heavy atom. The fourth-order valence-corrected chi connectivity index (χ4v) is 7.69. The van der Waals surface area contributed by atoms with Crippen molar-refractivity contribution in [3.8, 4) is 0 Å².